The molecule has 3 heterocycles. The lowest BCUT2D eigenvalue weighted by Crippen LogP contribution is -2.47. The van der Waals surface area contributed by atoms with Crippen molar-refractivity contribution in [3.05, 3.63) is 72.3 Å². The van der Waals surface area contributed by atoms with Crippen LogP contribution in [0.25, 0.3) is 10.8 Å². The van der Waals surface area contributed by atoms with Gasteiger partial charge in [-0.15, -0.1) is 0 Å². The molecule has 1 amide bonds. The van der Waals surface area contributed by atoms with Crippen LogP contribution < -0.4 is 10.3 Å². The molecule has 2 aromatic carbocycles. The van der Waals surface area contributed by atoms with E-state index in [1.165, 1.54) is 6.33 Å². The van der Waals surface area contributed by atoms with Crippen molar-refractivity contribution in [3.8, 4) is 0 Å². The molecular formula is C28H31N7O3. The Kier molecular flexibility index (Phi) is 6.92. The number of ketones is 1. The number of nitrogens with one attached hydrogen (secondary N) is 1. The van der Waals surface area contributed by atoms with E-state index in [-0.39, 0.29) is 5.41 Å². The van der Waals surface area contributed by atoms with E-state index in [2.05, 4.69) is 25.4 Å². The highest BCUT2D eigenvalue weighted by atomic mass is 16.5. The summed E-state index contributed by atoms with van der Waals surface area (Å²) in [7, 11) is 1.74. The molecular weight excluding hydrogens is 482 g/mol. The second-order valence-electron chi connectivity index (χ2n) is 10.2. The first-order chi connectivity index (χ1) is 18.2. The van der Waals surface area contributed by atoms with Crippen LogP contribution in [-0.4, -0.2) is 62.8 Å². The van der Waals surface area contributed by atoms with Crippen LogP contribution in [0.4, 0.5) is 17.3 Å². The Balaban J connectivity index is 1.51. The maximum atomic E-state index is 13.4. The molecule has 38 heavy (non-hydrogen) atoms. The molecule has 10 nitrogen and oxygen atoms in total. The summed E-state index contributed by atoms with van der Waals surface area (Å²) >= 11 is 0. The lowest BCUT2D eigenvalue weighted by atomic mass is 9.92. The SMILES string of the molecule is Cn1nc(C(C)(C)C)cc1NC(=O)C(=O)c1ccc(N(c2ccncn2)N2CCOCC2)c2ccccc12. The fourth-order valence-corrected chi connectivity index (χ4v) is 4.50. The molecule has 196 valence electrons. The molecule has 10 heteroatoms. The molecule has 1 aliphatic rings. The van der Waals surface area contributed by atoms with Gasteiger partial charge in [0.1, 0.15) is 12.1 Å². The lowest BCUT2D eigenvalue weighted by molar-refractivity contribution is -0.112. The van der Waals surface area contributed by atoms with Crippen molar-refractivity contribution in [1.82, 2.24) is 24.8 Å². The molecule has 2 aromatic heterocycles. The van der Waals surface area contributed by atoms with Crippen LogP contribution in [-0.2, 0) is 22.0 Å². The number of Topliss-reactive ketones (excluding diaryl/α,β-unsaturated/α-hetero) is 1. The van der Waals surface area contributed by atoms with Gasteiger partial charge >= 0.3 is 0 Å². The number of ether oxygens (including phenoxy) is 1. The van der Waals surface area contributed by atoms with Crippen LogP contribution in [0, 0.1) is 0 Å². The lowest BCUT2D eigenvalue weighted by Gasteiger charge is -2.38. The third-order valence-corrected chi connectivity index (χ3v) is 6.52. The van der Waals surface area contributed by atoms with Crippen molar-refractivity contribution in [2.24, 2.45) is 7.05 Å². The van der Waals surface area contributed by atoms with Crippen molar-refractivity contribution >= 4 is 39.8 Å². The number of nitrogens with zero attached hydrogens (tertiary/aromatic N) is 6. The van der Waals surface area contributed by atoms with Crippen LogP contribution in [0.5, 0.6) is 0 Å². The van der Waals surface area contributed by atoms with Gasteiger partial charge < -0.3 is 10.1 Å². The van der Waals surface area contributed by atoms with Crippen molar-refractivity contribution in [2.45, 2.75) is 26.2 Å². The third-order valence-electron chi connectivity index (χ3n) is 6.52. The minimum atomic E-state index is -0.716. The van der Waals surface area contributed by atoms with E-state index in [0.29, 0.717) is 48.9 Å². The fourth-order valence-electron chi connectivity index (χ4n) is 4.50. The second kappa shape index (κ2) is 10.3. The van der Waals surface area contributed by atoms with Gasteiger partial charge in [0.15, 0.2) is 5.82 Å². The van der Waals surface area contributed by atoms with Crippen molar-refractivity contribution in [1.29, 1.82) is 0 Å². The fraction of sp³-hybridized carbons (Fsp3) is 0.321. The number of fused-ring (bicyclic) bond motifs is 1. The number of rotatable bonds is 6. The number of carbonyl (C=O) groups is 2. The summed E-state index contributed by atoms with van der Waals surface area (Å²) < 4.78 is 7.15. The van der Waals surface area contributed by atoms with Crippen LogP contribution in [0.3, 0.4) is 0 Å². The summed E-state index contributed by atoms with van der Waals surface area (Å²) in [5.74, 6) is -0.162. The summed E-state index contributed by atoms with van der Waals surface area (Å²) in [6, 6.07) is 14.8. The molecule has 1 aliphatic heterocycles. The number of hydrazine groups is 1. The zero-order valence-electron chi connectivity index (χ0n) is 22.0. The maximum absolute atomic E-state index is 13.4. The smallest absolute Gasteiger partial charge is 0.297 e. The first-order valence-electron chi connectivity index (χ1n) is 12.5. The summed E-state index contributed by atoms with van der Waals surface area (Å²) in [5.41, 5.74) is 1.81. The molecule has 0 unspecified atom stereocenters. The largest absolute Gasteiger partial charge is 0.379 e. The number of hydrogen-bond acceptors (Lipinski definition) is 8. The Bertz CT molecular complexity index is 1470. The summed E-state index contributed by atoms with van der Waals surface area (Å²) in [4.78, 5) is 35.1. The van der Waals surface area contributed by atoms with Crippen molar-refractivity contribution in [3.63, 3.8) is 0 Å². The van der Waals surface area contributed by atoms with Gasteiger partial charge in [0, 0.05) is 54.8 Å². The number of carbonyl (C=O) groups excluding carboxylic acids is 2. The predicted octanol–water partition coefficient (Wildman–Crippen LogP) is 3.87. The first-order valence-corrected chi connectivity index (χ1v) is 12.5. The molecule has 0 radical (unpaired) electrons. The zero-order chi connectivity index (χ0) is 26.9. The molecule has 0 bridgehead atoms. The van der Waals surface area contributed by atoms with Gasteiger partial charge in [-0.1, -0.05) is 45.0 Å². The topological polar surface area (TPSA) is 105 Å². The standard InChI is InChI=1S/C28H31N7O3/c1-28(2,3)23-17-25(33(4)32-23)31-27(37)26(36)21-9-10-22(20-8-6-5-7-19(20)21)35(24-11-12-29-18-30-24)34-13-15-38-16-14-34/h5-12,17-18H,13-16H2,1-4H3,(H,31,37). The Hall–Kier alpha value is -4.15. The van der Waals surface area contributed by atoms with Crippen LogP contribution in [0.2, 0.25) is 0 Å². The van der Waals surface area contributed by atoms with E-state index < -0.39 is 11.7 Å². The highest BCUT2D eigenvalue weighted by Gasteiger charge is 2.27. The minimum Gasteiger partial charge on any atom is -0.379 e. The second-order valence-corrected chi connectivity index (χ2v) is 10.2. The number of aryl methyl sites for hydroxylation is 1. The number of anilines is 3. The molecule has 0 saturated carbocycles. The van der Waals surface area contributed by atoms with Crippen LogP contribution in [0.1, 0.15) is 36.8 Å². The Morgan fingerprint density at radius 3 is 2.42 bits per heavy atom. The van der Waals surface area contributed by atoms with Crippen LogP contribution >= 0.6 is 0 Å². The maximum Gasteiger partial charge on any atom is 0.297 e. The Morgan fingerprint density at radius 1 is 1.03 bits per heavy atom. The number of amides is 1. The van der Waals surface area contributed by atoms with E-state index in [1.807, 2.05) is 62.2 Å². The summed E-state index contributed by atoms with van der Waals surface area (Å²) in [5, 5.41) is 12.9. The van der Waals surface area contributed by atoms with Gasteiger partial charge in [-0.2, -0.15) is 5.10 Å². The summed E-state index contributed by atoms with van der Waals surface area (Å²) in [6.45, 7) is 8.69. The van der Waals surface area contributed by atoms with E-state index >= 15 is 0 Å². The number of morpholine rings is 1. The van der Waals surface area contributed by atoms with E-state index in [9.17, 15) is 9.59 Å². The molecule has 1 N–H and O–H groups in total. The van der Waals surface area contributed by atoms with Gasteiger partial charge in [-0.25, -0.2) is 15.0 Å². The molecule has 0 aliphatic carbocycles. The average Bonchev–Trinajstić information content (AvgIpc) is 3.30. The molecule has 5 rings (SSSR count). The third kappa shape index (κ3) is 5.00. The Labute approximate surface area is 221 Å². The average molecular weight is 514 g/mol. The van der Waals surface area contributed by atoms with Gasteiger partial charge in [0.2, 0.25) is 0 Å². The minimum absolute atomic E-state index is 0.188. The van der Waals surface area contributed by atoms with E-state index in [4.69, 9.17) is 4.74 Å². The highest BCUT2D eigenvalue weighted by molar-refractivity contribution is 6.48. The van der Waals surface area contributed by atoms with Crippen molar-refractivity contribution in [2.75, 3.05) is 36.6 Å². The van der Waals surface area contributed by atoms with Crippen LogP contribution in [0.15, 0.2) is 61.1 Å². The monoisotopic (exact) mass is 513 g/mol. The zero-order valence-corrected chi connectivity index (χ0v) is 22.0. The van der Waals surface area contributed by atoms with Gasteiger partial charge in [0.25, 0.3) is 11.7 Å². The Morgan fingerprint density at radius 2 is 1.76 bits per heavy atom. The number of hydrogen-bond donors (Lipinski definition) is 1. The van der Waals surface area contributed by atoms with E-state index in [0.717, 1.165) is 16.8 Å². The summed E-state index contributed by atoms with van der Waals surface area (Å²) in [6.07, 6.45) is 3.21. The molecule has 1 fully saturated rings. The van der Waals surface area contributed by atoms with Gasteiger partial charge in [0.05, 0.1) is 24.6 Å². The predicted molar refractivity (Wildman–Crippen MR) is 145 cm³/mol. The van der Waals surface area contributed by atoms with Gasteiger partial charge in [-0.05, 0) is 17.5 Å². The van der Waals surface area contributed by atoms with Crippen molar-refractivity contribution < 1.29 is 14.3 Å². The number of benzene rings is 2. The molecule has 1 saturated heterocycles. The quantitative estimate of drug-likeness (QED) is 0.306. The van der Waals surface area contributed by atoms with Gasteiger partial charge in [-0.3, -0.25) is 19.3 Å². The van der Waals surface area contributed by atoms with E-state index in [1.54, 1.807) is 30.1 Å². The molecule has 4 aromatic rings. The normalized spacial score (nSPS) is 14.4. The highest BCUT2D eigenvalue weighted by Crippen LogP contribution is 2.35. The molecule has 0 spiro atoms. The molecule has 0 atom stereocenters. The first kappa shape index (κ1) is 25.5. The number of aromatic nitrogens is 4.